The summed E-state index contributed by atoms with van der Waals surface area (Å²) in [7, 11) is 0. The van der Waals surface area contributed by atoms with Gasteiger partial charge in [-0.3, -0.25) is 4.79 Å². The van der Waals surface area contributed by atoms with Gasteiger partial charge in [0.05, 0.1) is 0 Å². The minimum Gasteiger partial charge on any atom is -0.459 e. The number of ketones is 1. The van der Waals surface area contributed by atoms with Gasteiger partial charge in [-0.2, -0.15) is 0 Å². The van der Waals surface area contributed by atoms with E-state index in [9.17, 15) is 9.59 Å². The molecule has 1 rings (SSSR count). The fourth-order valence-electron chi connectivity index (χ4n) is 1.47. The molecule has 0 aromatic rings. The Bertz CT molecular complexity index is 220. The molecule has 0 aromatic heterocycles. The Labute approximate surface area is 77.8 Å². The SMILES string of the molecule is C=CC(=O)OC1CCCCC(=O)C1. The van der Waals surface area contributed by atoms with Crippen LogP contribution in [-0.2, 0) is 14.3 Å². The molecule has 1 aliphatic rings. The molecule has 0 spiro atoms. The van der Waals surface area contributed by atoms with Gasteiger partial charge in [0.2, 0.25) is 0 Å². The Morgan fingerprint density at radius 2 is 2.31 bits per heavy atom. The van der Waals surface area contributed by atoms with Crippen LogP contribution in [0, 0.1) is 0 Å². The summed E-state index contributed by atoms with van der Waals surface area (Å²) in [5, 5.41) is 0. The molecular weight excluding hydrogens is 168 g/mol. The van der Waals surface area contributed by atoms with E-state index >= 15 is 0 Å². The van der Waals surface area contributed by atoms with Crippen LogP contribution >= 0.6 is 0 Å². The van der Waals surface area contributed by atoms with Crippen molar-refractivity contribution in [1.29, 1.82) is 0 Å². The summed E-state index contributed by atoms with van der Waals surface area (Å²) in [5.74, 6) is -0.237. The maximum atomic E-state index is 11.1. The highest BCUT2D eigenvalue weighted by atomic mass is 16.5. The molecular formula is C10H14O3. The highest BCUT2D eigenvalue weighted by Gasteiger charge is 2.19. The van der Waals surface area contributed by atoms with Crippen molar-refractivity contribution in [2.24, 2.45) is 0 Å². The van der Waals surface area contributed by atoms with Gasteiger partial charge in [0, 0.05) is 18.9 Å². The quantitative estimate of drug-likeness (QED) is 0.370. The minimum absolute atomic E-state index is 0.194. The molecule has 0 radical (unpaired) electrons. The molecule has 0 bridgehead atoms. The monoisotopic (exact) mass is 182 g/mol. The van der Waals surface area contributed by atoms with Crippen LogP contribution in [0.15, 0.2) is 12.7 Å². The number of Topliss-reactive ketones (excluding diaryl/α,β-unsaturated/α-hetero) is 1. The number of hydrogen-bond donors (Lipinski definition) is 0. The number of ether oxygens (including phenoxy) is 1. The Hall–Kier alpha value is -1.12. The summed E-state index contributed by atoms with van der Waals surface area (Å²) in [6.45, 7) is 3.31. The standard InChI is InChI=1S/C10H14O3/c1-2-10(12)13-9-6-4-3-5-8(11)7-9/h2,9H,1,3-7H2. The fraction of sp³-hybridized carbons (Fsp3) is 0.600. The number of esters is 1. The van der Waals surface area contributed by atoms with Gasteiger partial charge in [0.1, 0.15) is 11.9 Å². The van der Waals surface area contributed by atoms with E-state index < -0.39 is 5.97 Å². The van der Waals surface area contributed by atoms with Crippen LogP contribution in [0.1, 0.15) is 32.1 Å². The van der Waals surface area contributed by atoms with E-state index in [4.69, 9.17) is 4.74 Å². The molecule has 0 saturated heterocycles. The molecule has 1 saturated carbocycles. The van der Waals surface area contributed by atoms with Crippen LogP contribution in [-0.4, -0.2) is 17.9 Å². The minimum atomic E-state index is -0.431. The highest BCUT2D eigenvalue weighted by molar-refractivity contribution is 5.82. The lowest BCUT2D eigenvalue weighted by Gasteiger charge is -2.12. The van der Waals surface area contributed by atoms with Crippen molar-refractivity contribution < 1.29 is 14.3 Å². The first kappa shape index (κ1) is 9.96. The molecule has 0 amide bonds. The van der Waals surface area contributed by atoms with Crippen molar-refractivity contribution in [2.45, 2.75) is 38.2 Å². The summed E-state index contributed by atoms with van der Waals surface area (Å²) in [4.78, 5) is 22.0. The van der Waals surface area contributed by atoms with Crippen molar-refractivity contribution >= 4 is 11.8 Å². The maximum Gasteiger partial charge on any atom is 0.330 e. The zero-order chi connectivity index (χ0) is 9.68. The zero-order valence-electron chi connectivity index (χ0n) is 7.62. The Morgan fingerprint density at radius 1 is 1.54 bits per heavy atom. The Balaban J connectivity index is 2.43. The van der Waals surface area contributed by atoms with Gasteiger partial charge < -0.3 is 4.74 Å². The van der Waals surface area contributed by atoms with Crippen LogP contribution in [0.25, 0.3) is 0 Å². The average molecular weight is 182 g/mol. The third-order valence-electron chi connectivity index (χ3n) is 2.14. The van der Waals surface area contributed by atoms with Gasteiger partial charge in [-0.1, -0.05) is 6.58 Å². The molecule has 1 fully saturated rings. The number of carbonyl (C=O) groups is 2. The lowest BCUT2D eigenvalue weighted by Crippen LogP contribution is -2.18. The van der Waals surface area contributed by atoms with Crippen molar-refractivity contribution in [3.8, 4) is 0 Å². The molecule has 13 heavy (non-hydrogen) atoms. The molecule has 0 aliphatic heterocycles. The average Bonchev–Trinajstić information content (AvgIpc) is 2.30. The van der Waals surface area contributed by atoms with Gasteiger partial charge in [-0.15, -0.1) is 0 Å². The molecule has 1 unspecified atom stereocenters. The number of carbonyl (C=O) groups excluding carboxylic acids is 2. The van der Waals surface area contributed by atoms with E-state index in [-0.39, 0.29) is 11.9 Å². The molecule has 1 aliphatic carbocycles. The predicted octanol–water partition coefficient (Wildman–Crippen LogP) is 1.62. The van der Waals surface area contributed by atoms with Crippen LogP contribution in [0.3, 0.4) is 0 Å². The van der Waals surface area contributed by atoms with Gasteiger partial charge in [-0.05, 0) is 19.3 Å². The second-order valence-corrected chi connectivity index (χ2v) is 3.25. The fourth-order valence-corrected chi connectivity index (χ4v) is 1.47. The lowest BCUT2D eigenvalue weighted by molar-refractivity contribution is -0.144. The van der Waals surface area contributed by atoms with Crippen molar-refractivity contribution in [3.05, 3.63) is 12.7 Å². The molecule has 3 nitrogen and oxygen atoms in total. The maximum absolute atomic E-state index is 11.1. The predicted molar refractivity (Wildman–Crippen MR) is 48.2 cm³/mol. The van der Waals surface area contributed by atoms with E-state index in [1.807, 2.05) is 0 Å². The zero-order valence-corrected chi connectivity index (χ0v) is 7.62. The normalized spacial score (nSPS) is 23.4. The molecule has 0 aromatic carbocycles. The second kappa shape index (κ2) is 4.80. The lowest BCUT2D eigenvalue weighted by atomic mass is 10.1. The largest absolute Gasteiger partial charge is 0.459 e. The van der Waals surface area contributed by atoms with E-state index in [0.29, 0.717) is 12.8 Å². The molecule has 3 heteroatoms. The first-order valence-electron chi connectivity index (χ1n) is 4.57. The smallest absolute Gasteiger partial charge is 0.330 e. The van der Waals surface area contributed by atoms with Gasteiger partial charge in [-0.25, -0.2) is 4.79 Å². The van der Waals surface area contributed by atoms with Crippen molar-refractivity contribution in [1.82, 2.24) is 0 Å². The Kier molecular flexibility index (Phi) is 3.68. The molecule has 1 atom stereocenters. The van der Waals surface area contributed by atoms with E-state index in [1.54, 1.807) is 0 Å². The van der Waals surface area contributed by atoms with Crippen LogP contribution in [0.2, 0.25) is 0 Å². The van der Waals surface area contributed by atoms with Crippen LogP contribution in [0.4, 0.5) is 0 Å². The van der Waals surface area contributed by atoms with Gasteiger partial charge in [0.15, 0.2) is 0 Å². The number of hydrogen-bond acceptors (Lipinski definition) is 3. The first-order chi connectivity index (χ1) is 6.22. The van der Waals surface area contributed by atoms with Gasteiger partial charge >= 0.3 is 5.97 Å². The topological polar surface area (TPSA) is 43.4 Å². The summed E-state index contributed by atoms with van der Waals surface area (Å²) in [5.41, 5.74) is 0. The van der Waals surface area contributed by atoms with E-state index in [0.717, 1.165) is 25.3 Å². The summed E-state index contributed by atoms with van der Waals surface area (Å²) < 4.78 is 5.01. The Morgan fingerprint density at radius 3 is 3.00 bits per heavy atom. The summed E-state index contributed by atoms with van der Waals surface area (Å²) >= 11 is 0. The third-order valence-corrected chi connectivity index (χ3v) is 2.14. The van der Waals surface area contributed by atoms with Crippen LogP contribution in [0.5, 0.6) is 0 Å². The van der Waals surface area contributed by atoms with Crippen molar-refractivity contribution in [2.75, 3.05) is 0 Å². The molecule has 0 heterocycles. The molecule has 72 valence electrons. The first-order valence-corrected chi connectivity index (χ1v) is 4.57. The van der Waals surface area contributed by atoms with Crippen LogP contribution < -0.4 is 0 Å². The van der Waals surface area contributed by atoms with E-state index in [1.165, 1.54) is 0 Å². The second-order valence-electron chi connectivity index (χ2n) is 3.25. The third kappa shape index (κ3) is 3.40. The summed E-state index contributed by atoms with van der Waals surface area (Å²) in [6, 6.07) is 0. The number of rotatable bonds is 2. The van der Waals surface area contributed by atoms with E-state index in [2.05, 4.69) is 6.58 Å². The van der Waals surface area contributed by atoms with Gasteiger partial charge in [0.25, 0.3) is 0 Å². The summed E-state index contributed by atoms with van der Waals surface area (Å²) in [6.07, 6.45) is 4.59. The highest BCUT2D eigenvalue weighted by Crippen LogP contribution is 2.17. The molecule has 0 N–H and O–H groups in total. The van der Waals surface area contributed by atoms with Crippen molar-refractivity contribution in [3.63, 3.8) is 0 Å².